The van der Waals surface area contributed by atoms with Crippen LogP contribution in [0.15, 0.2) is 48.7 Å². The number of nitrogens with one attached hydrogen (secondary N) is 2. The molecule has 0 saturated carbocycles. The summed E-state index contributed by atoms with van der Waals surface area (Å²) in [7, 11) is 1.51. The molecule has 0 aliphatic carbocycles. The number of aromatic nitrogens is 2. The van der Waals surface area contributed by atoms with Gasteiger partial charge in [-0.1, -0.05) is 6.07 Å². The van der Waals surface area contributed by atoms with Crippen molar-refractivity contribution in [1.29, 1.82) is 0 Å². The van der Waals surface area contributed by atoms with Crippen LogP contribution in [-0.4, -0.2) is 34.3 Å². The molecule has 4 rings (SSSR count). The van der Waals surface area contributed by atoms with Gasteiger partial charge < -0.3 is 24.8 Å². The van der Waals surface area contributed by atoms with Gasteiger partial charge in [0.05, 0.1) is 17.8 Å². The maximum absolute atomic E-state index is 12.0. The SMILES string of the molecule is COCC(=O)Nc1ccc(N2C(=S)NC(c3ccccn3)C2c2cc(C)n(C(C)C)c2C)cc1C. The Bertz CT molecular complexity index is 1240. The average Bonchev–Trinajstić information content (AvgIpc) is 3.31. The fourth-order valence-corrected chi connectivity index (χ4v) is 5.45. The molecule has 2 aromatic heterocycles. The smallest absolute Gasteiger partial charge is 0.250 e. The van der Waals surface area contributed by atoms with E-state index >= 15 is 0 Å². The fraction of sp³-hybridized carbons (Fsp3) is 0.370. The molecule has 7 nitrogen and oxygen atoms in total. The molecular weight excluding hydrogens is 458 g/mol. The van der Waals surface area contributed by atoms with Crippen molar-refractivity contribution in [3.05, 3.63) is 76.9 Å². The quantitative estimate of drug-likeness (QED) is 0.446. The van der Waals surface area contributed by atoms with Gasteiger partial charge in [-0.3, -0.25) is 9.78 Å². The van der Waals surface area contributed by atoms with E-state index in [1.807, 2.05) is 43.5 Å². The van der Waals surface area contributed by atoms with Crippen molar-refractivity contribution in [2.75, 3.05) is 23.9 Å². The van der Waals surface area contributed by atoms with Gasteiger partial charge in [0, 0.05) is 42.1 Å². The van der Waals surface area contributed by atoms with Gasteiger partial charge >= 0.3 is 0 Å². The highest BCUT2D eigenvalue weighted by molar-refractivity contribution is 7.80. The molecule has 1 amide bonds. The molecule has 184 valence electrons. The van der Waals surface area contributed by atoms with Crippen LogP contribution in [0.3, 0.4) is 0 Å². The Balaban J connectivity index is 1.80. The molecule has 1 saturated heterocycles. The van der Waals surface area contributed by atoms with E-state index < -0.39 is 0 Å². The van der Waals surface area contributed by atoms with E-state index in [9.17, 15) is 4.79 Å². The molecule has 0 spiro atoms. The number of hydrogen-bond donors (Lipinski definition) is 2. The van der Waals surface area contributed by atoms with Crippen molar-refractivity contribution in [3.63, 3.8) is 0 Å². The van der Waals surface area contributed by atoms with Gasteiger partial charge in [-0.15, -0.1) is 0 Å². The van der Waals surface area contributed by atoms with E-state index in [1.54, 1.807) is 0 Å². The van der Waals surface area contributed by atoms with Gasteiger partial charge in [-0.25, -0.2) is 0 Å². The monoisotopic (exact) mass is 491 g/mol. The number of hydrogen-bond acceptors (Lipinski definition) is 4. The van der Waals surface area contributed by atoms with Crippen LogP contribution in [0.1, 0.15) is 60.2 Å². The van der Waals surface area contributed by atoms with Crippen LogP contribution in [0, 0.1) is 20.8 Å². The Hall–Kier alpha value is -3.23. The predicted molar refractivity (Wildman–Crippen MR) is 144 cm³/mol. The van der Waals surface area contributed by atoms with Crippen LogP contribution < -0.4 is 15.5 Å². The number of benzene rings is 1. The molecule has 2 N–H and O–H groups in total. The first-order valence-corrected chi connectivity index (χ1v) is 12.2. The van der Waals surface area contributed by atoms with Crippen LogP contribution in [0.4, 0.5) is 11.4 Å². The molecule has 2 unspecified atom stereocenters. The van der Waals surface area contributed by atoms with Crippen molar-refractivity contribution in [1.82, 2.24) is 14.9 Å². The van der Waals surface area contributed by atoms with E-state index in [-0.39, 0.29) is 24.6 Å². The van der Waals surface area contributed by atoms with Gasteiger partial charge in [0.25, 0.3) is 0 Å². The van der Waals surface area contributed by atoms with E-state index in [2.05, 4.69) is 64.9 Å². The largest absolute Gasteiger partial charge is 0.375 e. The highest BCUT2D eigenvalue weighted by atomic mass is 32.1. The third-order valence-electron chi connectivity index (χ3n) is 6.49. The second-order valence-corrected chi connectivity index (χ2v) is 9.65. The molecule has 8 heteroatoms. The number of carbonyl (C=O) groups excluding carboxylic acids is 1. The molecule has 1 aliphatic rings. The number of aryl methyl sites for hydroxylation is 2. The lowest BCUT2D eigenvalue weighted by atomic mass is 9.96. The first-order chi connectivity index (χ1) is 16.7. The number of anilines is 2. The summed E-state index contributed by atoms with van der Waals surface area (Å²) >= 11 is 5.89. The van der Waals surface area contributed by atoms with E-state index in [0.29, 0.717) is 11.2 Å². The number of ether oxygens (including phenoxy) is 1. The second-order valence-electron chi connectivity index (χ2n) is 9.27. The third kappa shape index (κ3) is 4.81. The minimum Gasteiger partial charge on any atom is -0.375 e. The number of rotatable bonds is 7. The minimum absolute atomic E-state index is 0.0145. The molecule has 2 atom stereocenters. The summed E-state index contributed by atoms with van der Waals surface area (Å²) < 4.78 is 7.30. The van der Waals surface area contributed by atoms with Crippen molar-refractivity contribution < 1.29 is 9.53 Å². The van der Waals surface area contributed by atoms with Gasteiger partial charge in [0.1, 0.15) is 6.61 Å². The van der Waals surface area contributed by atoms with Crippen LogP contribution in [0.5, 0.6) is 0 Å². The fourth-order valence-electron chi connectivity index (χ4n) is 5.10. The molecule has 1 aliphatic heterocycles. The number of nitrogens with zero attached hydrogens (tertiary/aromatic N) is 3. The van der Waals surface area contributed by atoms with Gasteiger partial charge in [-0.2, -0.15) is 0 Å². The summed E-state index contributed by atoms with van der Waals surface area (Å²) in [6.45, 7) is 10.7. The Kier molecular flexibility index (Phi) is 7.23. The summed E-state index contributed by atoms with van der Waals surface area (Å²) in [5, 5.41) is 7.09. The van der Waals surface area contributed by atoms with Crippen molar-refractivity contribution >= 4 is 34.6 Å². The summed E-state index contributed by atoms with van der Waals surface area (Å²) in [5.41, 5.74) is 7.26. The number of amides is 1. The van der Waals surface area contributed by atoms with E-state index in [1.165, 1.54) is 24.1 Å². The highest BCUT2D eigenvalue weighted by Crippen LogP contribution is 2.44. The maximum Gasteiger partial charge on any atom is 0.250 e. The van der Waals surface area contributed by atoms with E-state index in [4.69, 9.17) is 17.0 Å². The number of carbonyl (C=O) groups is 1. The van der Waals surface area contributed by atoms with Crippen LogP contribution in [0.2, 0.25) is 0 Å². The summed E-state index contributed by atoms with van der Waals surface area (Å²) in [6.07, 6.45) is 1.82. The zero-order chi connectivity index (χ0) is 25.3. The molecule has 1 fully saturated rings. The Morgan fingerprint density at radius 3 is 2.57 bits per heavy atom. The highest BCUT2D eigenvalue weighted by Gasteiger charge is 2.42. The zero-order valence-electron chi connectivity index (χ0n) is 21.1. The molecule has 0 bridgehead atoms. The summed E-state index contributed by atoms with van der Waals surface area (Å²) in [5.74, 6) is -0.184. The number of thiocarbonyl (C=S) groups is 1. The lowest BCUT2D eigenvalue weighted by molar-refractivity contribution is -0.119. The summed E-state index contributed by atoms with van der Waals surface area (Å²) in [4.78, 5) is 18.9. The Morgan fingerprint density at radius 1 is 1.20 bits per heavy atom. The van der Waals surface area contributed by atoms with Crippen molar-refractivity contribution in [2.24, 2.45) is 0 Å². The second kappa shape index (κ2) is 10.2. The van der Waals surface area contributed by atoms with Crippen LogP contribution >= 0.6 is 12.2 Å². The standard InChI is InChI=1S/C27H33N5O2S/c1-16(2)31-18(4)14-21(19(31)5)26-25(23-9-7-8-12-28-23)30-27(35)32(26)20-10-11-22(17(3)13-20)29-24(33)15-34-6/h7-14,16,25-26H,15H2,1-6H3,(H,29,33)(H,30,35). The molecule has 1 aromatic carbocycles. The summed E-state index contributed by atoms with van der Waals surface area (Å²) in [6, 6.07) is 14.4. The molecule has 35 heavy (non-hydrogen) atoms. The Labute approximate surface area is 212 Å². The molecule has 0 radical (unpaired) electrons. The molecule has 3 heterocycles. The van der Waals surface area contributed by atoms with E-state index in [0.717, 1.165) is 22.6 Å². The number of pyridine rings is 1. The van der Waals surface area contributed by atoms with Crippen LogP contribution in [0.25, 0.3) is 0 Å². The molecule has 3 aromatic rings. The topological polar surface area (TPSA) is 71.4 Å². The first-order valence-electron chi connectivity index (χ1n) is 11.8. The van der Waals surface area contributed by atoms with Gasteiger partial charge in [0.2, 0.25) is 5.91 Å². The van der Waals surface area contributed by atoms with Crippen molar-refractivity contribution in [2.45, 2.75) is 52.7 Å². The molecular formula is C27H33N5O2S. The normalized spacial score (nSPS) is 17.7. The first kappa shape index (κ1) is 24.9. The predicted octanol–water partition coefficient (Wildman–Crippen LogP) is 5.15. The lowest BCUT2D eigenvalue weighted by Crippen LogP contribution is -2.29. The maximum atomic E-state index is 12.0. The zero-order valence-corrected chi connectivity index (χ0v) is 21.9. The third-order valence-corrected chi connectivity index (χ3v) is 6.81. The minimum atomic E-state index is -0.184. The van der Waals surface area contributed by atoms with Gasteiger partial charge in [-0.05, 0) is 94.4 Å². The van der Waals surface area contributed by atoms with Crippen molar-refractivity contribution in [3.8, 4) is 0 Å². The number of methoxy groups -OCH3 is 1. The van der Waals surface area contributed by atoms with Crippen LogP contribution in [-0.2, 0) is 9.53 Å². The average molecular weight is 492 g/mol. The lowest BCUT2D eigenvalue weighted by Gasteiger charge is -2.29. The van der Waals surface area contributed by atoms with Gasteiger partial charge in [0.15, 0.2) is 5.11 Å². The Morgan fingerprint density at radius 2 is 1.97 bits per heavy atom.